The van der Waals surface area contributed by atoms with E-state index in [0.29, 0.717) is 5.92 Å². The number of hydrogen-bond acceptors (Lipinski definition) is 4. The van der Waals surface area contributed by atoms with Gasteiger partial charge in [0.1, 0.15) is 17.5 Å². The summed E-state index contributed by atoms with van der Waals surface area (Å²) in [6.07, 6.45) is 0. The van der Waals surface area contributed by atoms with E-state index in [-0.39, 0.29) is 0 Å². The number of nitrogens with one attached hydrogen (secondary N) is 1. The first-order valence-electron chi connectivity index (χ1n) is 7.44. The highest BCUT2D eigenvalue weighted by Crippen LogP contribution is 2.25. The number of anilines is 3. The lowest BCUT2D eigenvalue weighted by Crippen LogP contribution is -2.14. The van der Waals surface area contributed by atoms with Crippen molar-refractivity contribution in [2.24, 2.45) is 0 Å². The van der Waals surface area contributed by atoms with Crippen LogP contribution in [-0.4, -0.2) is 23.6 Å². The molecule has 0 saturated carbocycles. The van der Waals surface area contributed by atoms with E-state index in [1.165, 1.54) is 5.56 Å². The number of aryl methyl sites for hydroxylation is 1. The van der Waals surface area contributed by atoms with Crippen LogP contribution in [0, 0.1) is 6.92 Å². The van der Waals surface area contributed by atoms with Gasteiger partial charge in [0.05, 0.1) is 0 Å². The van der Waals surface area contributed by atoms with E-state index in [1.807, 2.05) is 13.1 Å². The van der Waals surface area contributed by atoms with Crippen molar-refractivity contribution in [2.45, 2.75) is 33.6 Å². The Morgan fingerprint density at radius 2 is 1.81 bits per heavy atom. The molecule has 0 aliphatic heterocycles. The van der Waals surface area contributed by atoms with Gasteiger partial charge >= 0.3 is 0 Å². The number of nitrogens with zero attached hydrogens (tertiary/aromatic N) is 3. The number of aromatic nitrogens is 2. The molecule has 112 valence electrons. The third kappa shape index (κ3) is 3.72. The highest BCUT2D eigenvalue weighted by atomic mass is 15.2. The average molecular weight is 284 g/mol. The van der Waals surface area contributed by atoms with Gasteiger partial charge in [-0.25, -0.2) is 9.97 Å². The molecule has 2 rings (SSSR count). The van der Waals surface area contributed by atoms with Crippen LogP contribution in [-0.2, 0) is 0 Å². The molecule has 2 aromatic rings. The number of benzene rings is 1. The quantitative estimate of drug-likeness (QED) is 0.897. The molecule has 1 aromatic carbocycles. The fraction of sp³-hybridized carbons (Fsp3) is 0.412. The predicted octanol–water partition coefficient (Wildman–Crippen LogP) is 4.11. The Kier molecular flexibility index (Phi) is 4.78. The van der Waals surface area contributed by atoms with E-state index >= 15 is 0 Å². The highest BCUT2D eigenvalue weighted by molar-refractivity contribution is 5.62. The van der Waals surface area contributed by atoms with Gasteiger partial charge in [0.25, 0.3) is 0 Å². The minimum Gasteiger partial charge on any atom is -0.370 e. The molecular formula is C17H24N4. The lowest BCUT2D eigenvalue weighted by Gasteiger charge is -2.20. The monoisotopic (exact) mass is 284 g/mol. The summed E-state index contributed by atoms with van der Waals surface area (Å²) in [6.45, 7) is 9.23. The van der Waals surface area contributed by atoms with Gasteiger partial charge in [-0.15, -0.1) is 0 Å². The Morgan fingerprint density at radius 3 is 2.38 bits per heavy atom. The largest absolute Gasteiger partial charge is 0.370 e. The Labute approximate surface area is 127 Å². The molecule has 0 fully saturated rings. The molecule has 0 aliphatic carbocycles. The molecule has 0 unspecified atom stereocenters. The zero-order valence-corrected chi connectivity index (χ0v) is 13.5. The maximum atomic E-state index is 4.69. The summed E-state index contributed by atoms with van der Waals surface area (Å²) in [5, 5.41) is 3.28. The minimum absolute atomic E-state index is 0.300. The predicted molar refractivity (Wildman–Crippen MR) is 89.5 cm³/mol. The van der Waals surface area contributed by atoms with Crippen LogP contribution in [0.1, 0.15) is 38.1 Å². The lowest BCUT2D eigenvalue weighted by atomic mass is 10.2. The Balaban J connectivity index is 2.39. The third-order valence-corrected chi connectivity index (χ3v) is 3.37. The maximum Gasteiger partial charge on any atom is 0.138 e. The van der Waals surface area contributed by atoms with Crippen molar-refractivity contribution in [1.29, 1.82) is 0 Å². The molecule has 0 spiro atoms. The smallest absolute Gasteiger partial charge is 0.138 e. The summed E-state index contributed by atoms with van der Waals surface area (Å²) in [5.41, 5.74) is 2.38. The highest BCUT2D eigenvalue weighted by Gasteiger charge is 2.12. The van der Waals surface area contributed by atoms with Crippen LogP contribution in [0.15, 0.2) is 30.3 Å². The molecule has 21 heavy (non-hydrogen) atoms. The molecule has 1 heterocycles. The van der Waals surface area contributed by atoms with Crippen molar-refractivity contribution in [3.8, 4) is 0 Å². The van der Waals surface area contributed by atoms with E-state index in [9.17, 15) is 0 Å². The van der Waals surface area contributed by atoms with Gasteiger partial charge in [0, 0.05) is 31.3 Å². The van der Waals surface area contributed by atoms with Gasteiger partial charge in [0.2, 0.25) is 0 Å². The van der Waals surface area contributed by atoms with Crippen molar-refractivity contribution in [2.75, 3.05) is 23.8 Å². The maximum absolute atomic E-state index is 4.69. The molecule has 1 N–H and O–H groups in total. The van der Waals surface area contributed by atoms with Crippen molar-refractivity contribution in [3.63, 3.8) is 0 Å². The first-order valence-corrected chi connectivity index (χ1v) is 7.44. The van der Waals surface area contributed by atoms with Gasteiger partial charge in [0.15, 0.2) is 0 Å². The molecule has 0 amide bonds. The van der Waals surface area contributed by atoms with E-state index < -0.39 is 0 Å². The average Bonchev–Trinajstić information content (AvgIpc) is 2.47. The van der Waals surface area contributed by atoms with Crippen molar-refractivity contribution < 1.29 is 0 Å². The molecule has 0 atom stereocenters. The topological polar surface area (TPSA) is 41.0 Å². The van der Waals surface area contributed by atoms with Crippen LogP contribution < -0.4 is 10.2 Å². The molecular weight excluding hydrogens is 260 g/mol. The van der Waals surface area contributed by atoms with Crippen molar-refractivity contribution in [1.82, 2.24) is 9.97 Å². The van der Waals surface area contributed by atoms with Crippen LogP contribution in [0.4, 0.5) is 17.3 Å². The number of rotatable bonds is 5. The van der Waals surface area contributed by atoms with Crippen molar-refractivity contribution >= 4 is 17.3 Å². The SMILES string of the molecule is CCNc1cc(N(C)c2ccc(C)cc2)nc(C(C)C)n1. The molecule has 0 bridgehead atoms. The first-order chi connectivity index (χ1) is 10.0. The zero-order valence-electron chi connectivity index (χ0n) is 13.5. The fourth-order valence-corrected chi connectivity index (χ4v) is 2.05. The molecule has 0 aliphatic rings. The van der Waals surface area contributed by atoms with Gasteiger partial charge < -0.3 is 10.2 Å². The van der Waals surface area contributed by atoms with Gasteiger partial charge in [-0.05, 0) is 26.0 Å². The van der Waals surface area contributed by atoms with Crippen LogP contribution in [0.3, 0.4) is 0 Å². The minimum atomic E-state index is 0.300. The van der Waals surface area contributed by atoms with E-state index in [2.05, 4.69) is 72.1 Å². The summed E-state index contributed by atoms with van der Waals surface area (Å²) in [5.74, 6) is 2.95. The number of hydrogen-bond donors (Lipinski definition) is 1. The molecule has 1 aromatic heterocycles. The summed E-state index contributed by atoms with van der Waals surface area (Å²) in [4.78, 5) is 11.3. The Hall–Kier alpha value is -2.10. The lowest BCUT2D eigenvalue weighted by molar-refractivity contribution is 0.773. The van der Waals surface area contributed by atoms with Crippen molar-refractivity contribution in [3.05, 3.63) is 41.7 Å². The van der Waals surface area contributed by atoms with Crippen LogP contribution >= 0.6 is 0 Å². The van der Waals surface area contributed by atoms with E-state index in [4.69, 9.17) is 0 Å². The summed E-state index contributed by atoms with van der Waals surface area (Å²) >= 11 is 0. The fourth-order valence-electron chi connectivity index (χ4n) is 2.05. The second-order valence-electron chi connectivity index (χ2n) is 5.55. The van der Waals surface area contributed by atoms with Gasteiger partial charge in [-0.2, -0.15) is 0 Å². The van der Waals surface area contributed by atoms with Crippen LogP contribution in [0.25, 0.3) is 0 Å². The first kappa shape index (κ1) is 15.3. The summed E-state index contributed by atoms with van der Waals surface area (Å²) < 4.78 is 0. The van der Waals surface area contributed by atoms with Gasteiger partial charge in [-0.1, -0.05) is 31.5 Å². The normalized spacial score (nSPS) is 10.8. The second kappa shape index (κ2) is 6.57. The van der Waals surface area contributed by atoms with Crippen LogP contribution in [0.5, 0.6) is 0 Å². The Bertz CT molecular complexity index is 590. The Morgan fingerprint density at radius 1 is 1.14 bits per heavy atom. The standard InChI is InChI=1S/C17H24N4/c1-6-18-15-11-16(20-17(19-15)12(2)3)21(5)14-9-7-13(4)8-10-14/h7-12H,6H2,1-5H3,(H,18,19,20). The van der Waals surface area contributed by atoms with Gasteiger partial charge in [-0.3, -0.25) is 0 Å². The van der Waals surface area contributed by atoms with Crippen LogP contribution in [0.2, 0.25) is 0 Å². The molecule has 4 nitrogen and oxygen atoms in total. The molecule has 0 radical (unpaired) electrons. The summed E-state index contributed by atoms with van der Waals surface area (Å²) in [6, 6.07) is 10.4. The third-order valence-electron chi connectivity index (χ3n) is 3.37. The zero-order chi connectivity index (χ0) is 15.4. The summed E-state index contributed by atoms with van der Waals surface area (Å²) in [7, 11) is 2.03. The second-order valence-corrected chi connectivity index (χ2v) is 5.55. The van der Waals surface area contributed by atoms with E-state index in [0.717, 1.165) is 29.7 Å². The molecule has 0 saturated heterocycles. The van der Waals surface area contributed by atoms with E-state index in [1.54, 1.807) is 0 Å². The molecule has 4 heteroatoms.